The van der Waals surface area contributed by atoms with E-state index < -0.39 is 58.2 Å². The number of ether oxygens (including phenoxy) is 1. The number of H-pyrrole nitrogens is 1. The first-order valence-electron chi connectivity index (χ1n) is 5.57. The van der Waals surface area contributed by atoms with Gasteiger partial charge in [0.05, 0.1) is 6.61 Å². The van der Waals surface area contributed by atoms with Crippen molar-refractivity contribution in [3.05, 3.63) is 33.1 Å². The second-order valence-corrected chi connectivity index (χ2v) is 4.79. The molecule has 0 spiro atoms. The third-order valence-corrected chi connectivity index (χ3v) is 2.64. The summed E-state index contributed by atoms with van der Waals surface area (Å²) in [5.41, 5.74) is -1.33. The molecule has 0 saturated carbocycles. The number of aromatic amines is 1. The molecule has 1 saturated heterocycles. The van der Waals surface area contributed by atoms with Gasteiger partial charge in [-0.15, -0.1) is 0 Å². The summed E-state index contributed by atoms with van der Waals surface area (Å²) < 4.78 is 29.3. The molecule has 0 amide bonds. The van der Waals surface area contributed by atoms with Gasteiger partial charge in [-0.2, -0.15) is 0 Å². The van der Waals surface area contributed by atoms with Crippen molar-refractivity contribution in [2.24, 2.45) is 0 Å². The second-order valence-electron chi connectivity index (χ2n) is 4.00. The molecule has 119 valence electrons. The van der Waals surface area contributed by atoms with Crippen LogP contribution >= 0.6 is 0 Å². The van der Waals surface area contributed by atoms with Gasteiger partial charge in [-0.1, -0.05) is 0 Å². The van der Waals surface area contributed by atoms with Gasteiger partial charge in [0.2, 0.25) is 0 Å². The second kappa shape index (κ2) is 7.73. The van der Waals surface area contributed by atoms with Crippen LogP contribution in [0.15, 0.2) is 21.9 Å². The number of aromatic nitrogens is 2. The normalized spacial score (nSPS) is 27.9. The first kappa shape index (κ1) is 17.9. The maximum atomic E-state index is 11.4. The first-order valence-corrected chi connectivity index (χ1v) is 7.38. The van der Waals surface area contributed by atoms with E-state index in [0.717, 1.165) is 16.8 Å². The van der Waals surface area contributed by atoms with Gasteiger partial charge < -0.3 is 20.1 Å². The Balaban J connectivity index is 0.000000491. The van der Waals surface area contributed by atoms with Gasteiger partial charge in [-0.05, 0) is 0 Å². The Morgan fingerprint density at radius 2 is 1.86 bits per heavy atom. The summed E-state index contributed by atoms with van der Waals surface area (Å²) in [6.45, 7) is -0.479. The Hall–Kier alpha value is -1.18. The molecule has 0 aromatic carbocycles. The van der Waals surface area contributed by atoms with Gasteiger partial charge in [0.25, 0.3) is 5.56 Å². The van der Waals surface area contributed by atoms with Gasteiger partial charge in [-0.25, -0.2) is 4.79 Å². The molecular weight excluding hydrogens is 331 g/mol. The summed E-state index contributed by atoms with van der Waals surface area (Å²) >= 11 is -3.44. The Morgan fingerprint density at radius 3 is 2.29 bits per heavy atom. The zero-order valence-electron chi connectivity index (χ0n) is 10.4. The molecule has 0 aliphatic carbocycles. The van der Waals surface area contributed by atoms with Gasteiger partial charge in [0, 0.05) is 12.3 Å². The standard InChI is InChI=1S/C9H12N2O6.2H2O.O.V/c12-3-4-6(14)7(15)8(17-4)11-2-1-5(13)10-9(11)16;;;;/h1-2,4,6-8,12,14-15H,3H2,(H,10,13,16);2*1H2;;/q;;;;+2/p-2/t4-,6+,7-,8+;;;;/m0..../s1. The van der Waals surface area contributed by atoms with Crippen LogP contribution < -0.4 is 11.2 Å². The molecule has 1 aromatic rings. The van der Waals surface area contributed by atoms with Crippen LogP contribution in [0.25, 0.3) is 0 Å². The van der Waals surface area contributed by atoms with Crippen molar-refractivity contribution in [3.63, 3.8) is 0 Å². The summed E-state index contributed by atoms with van der Waals surface area (Å²) in [6, 6.07) is 1.09. The van der Waals surface area contributed by atoms with E-state index in [1.165, 1.54) is 0 Å². The van der Waals surface area contributed by atoms with E-state index in [9.17, 15) is 19.8 Å². The van der Waals surface area contributed by atoms with Crippen LogP contribution in [0.2, 0.25) is 0 Å². The average Bonchev–Trinajstić information content (AvgIpc) is 2.66. The molecule has 0 bridgehead atoms. The van der Waals surface area contributed by atoms with Crippen LogP contribution in [0.4, 0.5) is 0 Å². The van der Waals surface area contributed by atoms with Crippen molar-refractivity contribution < 1.29 is 47.6 Å². The Kier molecular flexibility index (Phi) is 6.58. The zero-order valence-corrected chi connectivity index (χ0v) is 11.8. The summed E-state index contributed by atoms with van der Waals surface area (Å²) in [7, 11) is 0. The third kappa shape index (κ3) is 4.66. The van der Waals surface area contributed by atoms with Crippen LogP contribution in [-0.4, -0.2) is 57.9 Å². The number of nitrogens with one attached hydrogen (secondary N) is 1. The molecule has 21 heavy (non-hydrogen) atoms. The molecule has 11 nitrogen and oxygen atoms in total. The van der Waals surface area contributed by atoms with Crippen molar-refractivity contribution in [2.45, 2.75) is 24.5 Å². The number of aliphatic hydroxyl groups is 3. The third-order valence-electron chi connectivity index (χ3n) is 2.64. The molecule has 0 unspecified atom stereocenters. The van der Waals surface area contributed by atoms with Crippen molar-refractivity contribution in [2.75, 3.05) is 6.61 Å². The van der Waals surface area contributed by atoms with Gasteiger partial charge in [-0.3, -0.25) is 14.3 Å². The van der Waals surface area contributed by atoms with E-state index in [2.05, 4.69) is 0 Å². The van der Waals surface area contributed by atoms with Crippen LogP contribution in [0.1, 0.15) is 6.23 Å². The van der Waals surface area contributed by atoms with E-state index in [-0.39, 0.29) is 0 Å². The van der Waals surface area contributed by atoms with E-state index in [1.54, 1.807) is 0 Å². The number of hydrogen-bond donors (Lipinski definition) is 6. The molecule has 6 N–H and O–H groups in total. The summed E-state index contributed by atoms with van der Waals surface area (Å²) in [4.78, 5) is 24.3. The molecule has 2 heterocycles. The molecule has 1 aromatic heterocycles. The average molecular weight is 345 g/mol. The molecule has 12 heteroatoms. The monoisotopic (exact) mass is 345 g/mol. The molecule has 1 fully saturated rings. The summed E-state index contributed by atoms with van der Waals surface area (Å²) in [5, 5.41) is 28.1. The van der Waals surface area contributed by atoms with Crippen molar-refractivity contribution in [1.82, 2.24) is 9.55 Å². The van der Waals surface area contributed by atoms with Crippen molar-refractivity contribution in [1.29, 1.82) is 0 Å². The quantitative estimate of drug-likeness (QED) is 0.310. The Bertz CT molecular complexity index is 595. The van der Waals surface area contributed by atoms with E-state index >= 15 is 0 Å². The molecule has 0 radical (unpaired) electrons. The van der Waals surface area contributed by atoms with E-state index in [4.69, 9.17) is 21.6 Å². The minimum atomic E-state index is -3.44. The van der Waals surface area contributed by atoms with Gasteiger partial charge in [0.1, 0.15) is 18.3 Å². The predicted octanol–water partition coefficient (Wildman–Crippen LogP) is -4.09. The molecule has 2 rings (SSSR count). The number of nitrogens with zero attached hydrogens (tertiary/aromatic N) is 1. The van der Waals surface area contributed by atoms with Crippen LogP contribution in [-0.2, 0) is 24.2 Å². The topological polar surface area (TPSA) is 182 Å². The number of aliphatic hydroxyl groups excluding tert-OH is 3. The summed E-state index contributed by atoms with van der Waals surface area (Å²) in [5.74, 6) is 0. The molecule has 1 aliphatic heterocycles. The van der Waals surface area contributed by atoms with Crippen LogP contribution in [0.5, 0.6) is 0 Å². The summed E-state index contributed by atoms with van der Waals surface area (Å²) in [6.07, 6.45) is -3.58. The van der Waals surface area contributed by atoms with Crippen LogP contribution in [0.3, 0.4) is 0 Å². The molecule has 4 atom stereocenters. The van der Waals surface area contributed by atoms with Crippen molar-refractivity contribution in [3.8, 4) is 0 Å². The number of rotatable bonds is 2. The van der Waals surface area contributed by atoms with E-state index in [0.29, 0.717) is 0 Å². The fourth-order valence-corrected chi connectivity index (χ4v) is 1.74. The van der Waals surface area contributed by atoms with E-state index in [1.807, 2.05) is 4.98 Å². The maximum absolute atomic E-state index is 11.4. The van der Waals surface area contributed by atoms with Crippen LogP contribution in [0, 0.1) is 0 Å². The predicted molar refractivity (Wildman–Crippen MR) is 59.5 cm³/mol. The minimum absolute atomic E-state index is 0.479. The number of hydrogen-bond acceptors (Lipinski definition) is 7. The molecule has 1 aliphatic rings. The Labute approximate surface area is 122 Å². The van der Waals surface area contributed by atoms with Crippen molar-refractivity contribution >= 4 is 0 Å². The first-order chi connectivity index (χ1) is 9.77. The Morgan fingerprint density at radius 1 is 1.29 bits per heavy atom. The fourth-order valence-electron chi connectivity index (χ4n) is 1.74. The SMILES string of the molecule is O=c1ccn([C@@H]2O[C@@H](CO)[C@@H](O)[C@@H]2O)c(=O)[nH]1.[O]=[V]([OH])[OH]. The van der Waals surface area contributed by atoms with Gasteiger partial charge >= 0.3 is 33.2 Å². The van der Waals surface area contributed by atoms with Gasteiger partial charge in [0.15, 0.2) is 6.23 Å². The zero-order chi connectivity index (χ0) is 16.2. The fraction of sp³-hybridized carbons (Fsp3) is 0.556. The molecular formula is C9H14N2O9V.